The standard InChI is InChI=1S/C33H52O4.2H3O3P/c1-29(2,3)22-13-15-24(25(17-22)31(7,8)9)28(33(19-34,20-35)21-36)37-27-16-14-23(30(4,5)6)18-26(27)32(10,11)12;2*1-4(2)3/h13-18,28,34-36H,19-21H2,1-12H3;2*1-3H. The molecule has 0 spiro atoms. The van der Waals surface area contributed by atoms with Crippen LogP contribution in [0.4, 0.5) is 0 Å². The first-order chi connectivity index (χ1) is 20.2. The molecule has 0 saturated heterocycles. The van der Waals surface area contributed by atoms with Crippen molar-refractivity contribution in [2.24, 2.45) is 5.41 Å². The van der Waals surface area contributed by atoms with Gasteiger partial charge in [0.05, 0.1) is 25.2 Å². The van der Waals surface area contributed by atoms with Gasteiger partial charge in [-0.05, 0) is 55.5 Å². The first kappa shape index (κ1) is 43.7. The van der Waals surface area contributed by atoms with Gasteiger partial charge in [0.15, 0.2) is 0 Å². The van der Waals surface area contributed by atoms with Gasteiger partial charge in [-0.1, -0.05) is 113 Å². The zero-order chi connectivity index (χ0) is 35.8. The van der Waals surface area contributed by atoms with E-state index in [1.54, 1.807) is 0 Å². The Morgan fingerprint density at radius 3 is 1.18 bits per heavy atom. The molecule has 0 bridgehead atoms. The van der Waals surface area contributed by atoms with E-state index in [1.165, 1.54) is 11.1 Å². The lowest BCUT2D eigenvalue weighted by Gasteiger charge is -2.40. The Labute approximate surface area is 272 Å². The summed E-state index contributed by atoms with van der Waals surface area (Å²) in [5, 5.41) is 31.6. The molecule has 9 N–H and O–H groups in total. The molecule has 2 aromatic rings. The van der Waals surface area contributed by atoms with E-state index < -0.39 is 48.5 Å². The summed E-state index contributed by atoms with van der Waals surface area (Å²) in [7, 11) is -5.24. The zero-order valence-corrected chi connectivity index (χ0v) is 30.8. The van der Waals surface area contributed by atoms with Crippen molar-refractivity contribution in [1.82, 2.24) is 0 Å². The number of hydrogen-bond acceptors (Lipinski definition) is 10. The van der Waals surface area contributed by atoms with E-state index in [9.17, 15) is 15.3 Å². The summed E-state index contributed by atoms with van der Waals surface area (Å²) < 4.78 is 6.85. The molecular formula is C33H58O10P2. The molecule has 0 saturated carbocycles. The molecule has 0 amide bonds. The van der Waals surface area contributed by atoms with E-state index in [0.717, 1.165) is 16.7 Å². The summed E-state index contributed by atoms with van der Waals surface area (Å²) in [4.78, 5) is 43.4. The minimum atomic E-state index is -2.62. The van der Waals surface area contributed by atoms with Gasteiger partial charge in [0.2, 0.25) is 0 Å². The molecule has 1 unspecified atom stereocenters. The highest BCUT2D eigenvalue weighted by Gasteiger charge is 2.43. The van der Waals surface area contributed by atoms with E-state index >= 15 is 0 Å². The summed E-state index contributed by atoms with van der Waals surface area (Å²) in [5.41, 5.74) is 3.64. The molecule has 0 aromatic heterocycles. The third-order valence-corrected chi connectivity index (χ3v) is 7.41. The maximum absolute atomic E-state index is 10.5. The van der Waals surface area contributed by atoms with Crippen LogP contribution in [0.1, 0.15) is 117 Å². The van der Waals surface area contributed by atoms with Crippen molar-refractivity contribution >= 4 is 17.2 Å². The summed E-state index contributed by atoms with van der Waals surface area (Å²) >= 11 is 0. The highest BCUT2D eigenvalue weighted by atomic mass is 31.2. The number of ether oxygens (including phenoxy) is 1. The molecule has 0 fully saturated rings. The van der Waals surface area contributed by atoms with Crippen molar-refractivity contribution in [3.05, 3.63) is 64.2 Å². The smallest absolute Gasteiger partial charge is 0.324 e. The molecule has 0 aliphatic rings. The van der Waals surface area contributed by atoms with Gasteiger partial charge in [0.25, 0.3) is 0 Å². The maximum Gasteiger partial charge on any atom is 0.324 e. The second kappa shape index (κ2) is 17.2. The third-order valence-electron chi connectivity index (χ3n) is 7.41. The lowest BCUT2D eigenvalue weighted by molar-refractivity contribution is -0.0752. The first-order valence-corrected chi connectivity index (χ1v) is 17.1. The number of aliphatic hydroxyl groups excluding tert-OH is 3. The fraction of sp³-hybridized carbons (Fsp3) is 0.636. The van der Waals surface area contributed by atoms with Crippen LogP contribution in [-0.2, 0) is 21.7 Å². The molecule has 1 atom stereocenters. The van der Waals surface area contributed by atoms with Crippen LogP contribution < -0.4 is 4.74 Å². The van der Waals surface area contributed by atoms with Crippen molar-refractivity contribution in [1.29, 1.82) is 0 Å². The Balaban J connectivity index is 0.00000215. The van der Waals surface area contributed by atoms with Crippen molar-refractivity contribution in [2.45, 2.75) is 111 Å². The normalized spacial score (nSPS) is 13.6. The summed E-state index contributed by atoms with van der Waals surface area (Å²) in [6.45, 7) is 24.9. The molecule has 0 heterocycles. The van der Waals surface area contributed by atoms with E-state index in [1.807, 2.05) is 6.07 Å². The highest BCUT2D eigenvalue weighted by Crippen LogP contribution is 2.45. The van der Waals surface area contributed by atoms with Gasteiger partial charge in [-0.25, -0.2) is 0 Å². The summed E-state index contributed by atoms with van der Waals surface area (Å²) in [6.07, 6.45) is -0.766. The Morgan fingerprint density at radius 1 is 0.533 bits per heavy atom. The van der Waals surface area contributed by atoms with Gasteiger partial charge in [-0.2, -0.15) is 0 Å². The molecule has 2 rings (SSSR count). The molecule has 10 nitrogen and oxygen atoms in total. The number of hydrogen-bond donors (Lipinski definition) is 9. The van der Waals surface area contributed by atoms with Gasteiger partial charge in [-0.3, -0.25) is 0 Å². The Morgan fingerprint density at radius 2 is 0.867 bits per heavy atom. The highest BCUT2D eigenvalue weighted by molar-refractivity contribution is 7.38. The van der Waals surface area contributed by atoms with E-state index in [0.29, 0.717) is 5.75 Å². The minimum absolute atomic E-state index is 0.0226. The largest absolute Gasteiger partial charge is 0.485 e. The zero-order valence-electron chi connectivity index (χ0n) is 29.0. The van der Waals surface area contributed by atoms with Crippen molar-refractivity contribution < 1.29 is 49.4 Å². The molecule has 260 valence electrons. The van der Waals surface area contributed by atoms with Crippen LogP contribution in [0.25, 0.3) is 0 Å². The molecule has 45 heavy (non-hydrogen) atoms. The van der Waals surface area contributed by atoms with Gasteiger partial charge in [-0.15, -0.1) is 0 Å². The lowest BCUT2D eigenvalue weighted by Crippen LogP contribution is -2.43. The minimum Gasteiger partial charge on any atom is -0.485 e. The predicted molar refractivity (Wildman–Crippen MR) is 182 cm³/mol. The van der Waals surface area contributed by atoms with Crippen LogP contribution in [0.3, 0.4) is 0 Å². The maximum atomic E-state index is 10.5. The number of rotatable bonds is 7. The van der Waals surface area contributed by atoms with Gasteiger partial charge in [0, 0.05) is 0 Å². The van der Waals surface area contributed by atoms with E-state index in [2.05, 4.69) is 113 Å². The Bertz CT molecular complexity index is 1150. The number of benzene rings is 2. The monoisotopic (exact) mass is 676 g/mol. The number of aliphatic hydroxyl groups is 3. The first-order valence-electron chi connectivity index (χ1n) is 14.7. The lowest BCUT2D eigenvalue weighted by atomic mass is 9.72. The van der Waals surface area contributed by atoms with Crippen molar-refractivity contribution in [3.63, 3.8) is 0 Å². The van der Waals surface area contributed by atoms with Crippen LogP contribution in [0.15, 0.2) is 36.4 Å². The second-order valence-electron chi connectivity index (χ2n) is 15.4. The van der Waals surface area contributed by atoms with Crippen LogP contribution >= 0.6 is 17.2 Å². The van der Waals surface area contributed by atoms with Gasteiger partial charge < -0.3 is 49.4 Å². The van der Waals surface area contributed by atoms with Crippen LogP contribution in [0, 0.1) is 5.41 Å². The van der Waals surface area contributed by atoms with Crippen LogP contribution in [0.5, 0.6) is 5.75 Å². The van der Waals surface area contributed by atoms with Crippen LogP contribution in [-0.4, -0.2) is 64.5 Å². The Kier molecular flexibility index (Phi) is 16.7. The van der Waals surface area contributed by atoms with Gasteiger partial charge >= 0.3 is 17.2 Å². The third kappa shape index (κ3) is 13.8. The quantitative estimate of drug-likeness (QED) is 0.173. The molecular weight excluding hydrogens is 618 g/mol. The molecule has 12 heteroatoms. The topological polar surface area (TPSA) is 191 Å². The average Bonchev–Trinajstić information content (AvgIpc) is 2.86. The van der Waals surface area contributed by atoms with Crippen molar-refractivity contribution in [3.8, 4) is 5.75 Å². The molecule has 2 aromatic carbocycles. The Hall–Kier alpha value is -1.26. The SMILES string of the molecule is CC(C)(C)c1ccc(OC(c2ccc(C(C)(C)C)cc2C(C)(C)C)C(CO)(CO)CO)c(C(C)(C)C)c1.OP(O)O.OP(O)O. The fourth-order valence-corrected chi connectivity index (χ4v) is 4.63. The van der Waals surface area contributed by atoms with E-state index in [-0.39, 0.29) is 21.7 Å². The van der Waals surface area contributed by atoms with Gasteiger partial charge in [0.1, 0.15) is 11.9 Å². The van der Waals surface area contributed by atoms with E-state index in [4.69, 9.17) is 34.1 Å². The molecule has 0 radical (unpaired) electrons. The summed E-state index contributed by atoms with van der Waals surface area (Å²) in [5.74, 6) is 0.699. The molecule has 0 aliphatic carbocycles. The predicted octanol–water partition coefficient (Wildman–Crippen LogP) is 5.34. The average molecular weight is 677 g/mol. The van der Waals surface area contributed by atoms with Crippen LogP contribution in [0.2, 0.25) is 0 Å². The molecule has 0 aliphatic heterocycles. The fourth-order valence-electron chi connectivity index (χ4n) is 4.63. The second-order valence-corrected chi connectivity index (χ2v) is 16.5. The summed E-state index contributed by atoms with van der Waals surface area (Å²) in [6, 6.07) is 12.7. The van der Waals surface area contributed by atoms with Crippen molar-refractivity contribution in [2.75, 3.05) is 19.8 Å².